The number of nitrogens with zero attached hydrogens (tertiary/aromatic N) is 2. The Bertz CT molecular complexity index is 694. The molecule has 0 aliphatic carbocycles. The molecule has 120 valence electrons. The Hall–Kier alpha value is -1.66. The molecule has 6 heteroatoms. The molecule has 0 atom stereocenters. The molecule has 5 nitrogen and oxygen atoms in total. The summed E-state index contributed by atoms with van der Waals surface area (Å²) < 4.78 is 29.1. The van der Waals surface area contributed by atoms with Crippen molar-refractivity contribution in [1.82, 2.24) is 14.3 Å². The highest BCUT2D eigenvalue weighted by Gasteiger charge is 2.13. The third-order valence-electron chi connectivity index (χ3n) is 3.73. The zero-order valence-corrected chi connectivity index (χ0v) is 13.9. The van der Waals surface area contributed by atoms with E-state index in [4.69, 9.17) is 0 Å². The first-order valence-corrected chi connectivity index (χ1v) is 9.00. The lowest BCUT2D eigenvalue weighted by Gasteiger charge is -2.09. The van der Waals surface area contributed by atoms with Crippen LogP contribution >= 0.6 is 0 Å². The SMILES string of the molecule is Cc1ccc(S(=O)(=O)NCCCCCn2ccnc2)cc1C. The van der Waals surface area contributed by atoms with Crippen molar-refractivity contribution in [2.75, 3.05) is 6.54 Å². The number of benzene rings is 1. The zero-order valence-electron chi connectivity index (χ0n) is 13.1. The average Bonchev–Trinajstić information content (AvgIpc) is 2.98. The third-order valence-corrected chi connectivity index (χ3v) is 5.19. The van der Waals surface area contributed by atoms with E-state index in [1.165, 1.54) is 0 Å². The van der Waals surface area contributed by atoms with E-state index in [2.05, 4.69) is 9.71 Å². The largest absolute Gasteiger partial charge is 0.337 e. The summed E-state index contributed by atoms with van der Waals surface area (Å²) in [5.74, 6) is 0. The van der Waals surface area contributed by atoms with Gasteiger partial charge in [0.05, 0.1) is 11.2 Å². The molecule has 0 aliphatic heterocycles. The molecule has 1 heterocycles. The Labute approximate surface area is 132 Å². The van der Waals surface area contributed by atoms with Crippen LogP contribution in [0.1, 0.15) is 30.4 Å². The Morgan fingerprint density at radius 3 is 2.64 bits per heavy atom. The van der Waals surface area contributed by atoms with Gasteiger partial charge in [-0.1, -0.05) is 12.5 Å². The van der Waals surface area contributed by atoms with E-state index in [-0.39, 0.29) is 0 Å². The minimum Gasteiger partial charge on any atom is -0.337 e. The van der Waals surface area contributed by atoms with Gasteiger partial charge in [0.1, 0.15) is 0 Å². The number of imidazole rings is 1. The second-order valence-electron chi connectivity index (χ2n) is 5.51. The van der Waals surface area contributed by atoms with Crippen LogP contribution in [-0.2, 0) is 16.6 Å². The highest BCUT2D eigenvalue weighted by Crippen LogP contribution is 2.14. The van der Waals surface area contributed by atoms with Crippen molar-refractivity contribution >= 4 is 10.0 Å². The van der Waals surface area contributed by atoms with Crippen molar-refractivity contribution in [2.24, 2.45) is 0 Å². The Kier molecular flexibility index (Phi) is 5.74. The van der Waals surface area contributed by atoms with Crippen LogP contribution in [0.3, 0.4) is 0 Å². The van der Waals surface area contributed by atoms with Gasteiger partial charge in [0.15, 0.2) is 0 Å². The molecule has 2 aromatic rings. The third kappa shape index (κ3) is 4.68. The predicted molar refractivity (Wildman–Crippen MR) is 87.2 cm³/mol. The van der Waals surface area contributed by atoms with Gasteiger partial charge in [-0.25, -0.2) is 18.1 Å². The fraction of sp³-hybridized carbons (Fsp3) is 0.438. The predicted octanol–water partition coefficient (Wildman–Crippen LogP) is 2.65. The van der Waals surface area contributed by atoms with Crippen LogP contribution in [-0.4, -0.2) is 24.5 Å². The molecule has 22 heavy (non-hydrogen) atoms. The molecule has 0 aliphatic rings. The average molecular weight is 321 g/mol. The van der Waals surface area contributed by atoms with E-state index in [9.17, 15) is 8.42 Å². The lowest BCUT2D eigenvalue weighted by Crippen LogP contribution is -2.25. The van der Waals surface area contributed by atoms with E-state index in [1.807, 2.05) is 30.7 Å². The molecule has 2 rings (SSSR count). The fourth-order valence-corrected chi connectivity index (χ4v) is 3.34. The summed E-state index contributed by atoms with van der Waals surface area (Å²) >= 11 is 0. The lowest BCUT2D eigenvalue weighted by molar-refractivity contribution is 0.561. The standard InChI is InChI=1S/C16H23N3O2S/c1-14-6-7-16(12-15(14)2)22(20,21)18-8-4-3-5-10-19-11-9-17-13-19/h6-7,9,11-13,18H,3-5,8,10H2,1-2H3. The number of hydrogen-bond donors (Lipinski definition) is 1. The molecule has 1 aromatic carbocycles. The van der Waals surface area contributed by atoms with Crippen LogP contribution in [0.25, 0.3) is 0 Å². The van der Waals surface area contributed by atoms with Crippen LogP contribution < -0.4 is 4.72 Å². The topological polar surface area (TPSA) is 64.0 Å². The first-order valence-electron chi connectivity index (χ1n) is 7.52. The van der Waals surface area contributed by atoms with E-state index >= 15 is 0 Å². The van der Waals surface area contributed by atoms with Crippen LogP contribution in [0.4, 0.5) is 0 Å². The second-order valence-corrected chi connectivity index (χ2v) is 7.27. The molecule has 0 radical (unpaired) electrons. The van der Waals surface area contributed by atoms with Crippen LogP contribution in [0.2, 0.25) is 0 Å². The van der Waals surface area contributed by atoms with Crippen molar-refractivity contribution in [3.63, 3.8) is 0 Å². The highest BCUT2D eigenvalue weighted by molar-refractivity contribution is 7.89. The number of hydrogen-bond acceptors (Lipinski definition) is 3. The van der Waals surface area contributed by atoms with Crippen molar-refractivity contribution in [2.45, 2.75) is 44.6 Å². The van der Waals surface area contributed by atoms with Crippen molar-refractivity contribution in [3.05, 3.63) is 48.0 Å². The molecule has 0 saturated carbocycles. The molecule has 1 N–H and O–H groups in total. The summed E-state index contributed by atoms with van der Waals surface area (Å²) in [6.07, 6.45) is 8.32. The van der Waals surface area contributed by atoms with E-state index < -0.39 is 10.0 Å². The molecule has 1 aromatic heterocycles. The molecule has 0 spiro atoms. The van der Waals surface area contributed by atoms with Crippen LogP contribution in [0.5, 0.6) is 0 Å². The maximum absolute atomic E-state index is 12.2. The minimum absolute atomic E-state index is 0.342. The minimum atomic E-state index is -3.40. The van der Waals surface area contributed by atoms with Crippen molar-refractivity contribution in [3.8, 4) is 0 Å². The number of aryl methyl sites for hydroxylation is 3. The normalized spacial score (nSPS) is 11.7. The Balaban J connectivity index is 1.74. The van der Waals surface area contributed by atoms with Crippen molar-refractivity contribution < 1.29 is 8.42 Å². The van der Waals surface area contributed by atoms with Gasteiger partial charge in [-0.05, 0) is 49.9 Å². The first-order chi connectivity index (χ1) is 10.5. The summed E-state index contributed by atoms with van der Waals surface area (Å²) in [6.45, 7) is 5.28. The number of nitrogens with one attached hydrogen (secondary N) is 1. The molecule has 0 fully saturated rings. The van der Waals surface area contributed by atoms with Gasteiger partial charge >= 0.3 is 0 Å². The van der Waals surface area contributed by atoms with Gasteiger partial charge < -0.3 is 4.57 Å². The van der Waals surface area contributed by atoms with Gasteiger partial charge in [0.2, 0.25) is 10.0 Å². The smallest absolute Gasteiger partial charge is 0.240 e. The van der Waals surface area contributed by atoms with E-state index in [1.54, 1.807) is 24.7 Å². The van der Waals surface area contributed by atoms with Crippen LogP contribution in [0, 0.1) is 13.8 Å². The van der Waals surface area contributed by atoms with Gasteiger partial charge in [0.25, 0.3) is 0 Å². The van der Waals surface area contributed by atoms with Crippen molar-refractivity contribution in [1.29, 1.82) is 0 Å². The first kappa shape index (κ1) is 16.7. The molecule has 0 bridgehead atoms. The molecule has 0 saturated heterocycles. The second kappa shape index (κ2) is 7.56. The molecular weight excluding hydrogens is 298 g/mol. The molecule has 0 amide bonds. The number of sulfonamides is 1. The van der Waals surface area contributed by atoms with E-state index in [0.717, 1.165) is 36.9 Å². The maximum Gasteiger partial charge on any atom is 0.240 e. The molecular formula is C16H23N3O2S. The van der Waals surface area contributed by atoms with Crippen LogP contribution in [0.15, 0.2) is 41.8 Å². The maximum atomic E-state index is 12.2. The number of rotatable bonds is 8. The van der Waals surface area contributed by atoms with Gasteiger partial charge in [0, 0.05) is 25.5 Å². The number of aromatic nitrogens is 2. The summed E-state index contributed by atoms with van der Waals surface area (Å²) in [6, 6.07) is 5.22. The van der Waals surface area contributed by atoms with E-state index in [0.29, 0.717) is 11.4 Å². The highest BCUT2D eigenvalue weighted by atomic mass is 32.2. The summed E-state index contributed by atoms with van der Waals surface area (Å²) in [4.78, 5) is 4.33. The summed E-state index contributed by atoms with van der Waals surface area (Å²) in [5, 5.41) is 0. The summed E-state index contributed by atoms with van der Waals surface area (Å²) in [7, 11) is -3.40. The van der Waals surface area contributed by atoms with Gasteiger partial charge in [-0.2, -0.15) is 0 Å². The number of unbranched alkanes of at least 4 members (excludes halogenated alkanes) is 2. The Morgan fingerprint density at radius 1 is 1.14 bits per heavy atom. The fourth-order valence-electron chi connectivity index (χ4n) is 2.19. The van der Waals surface area contributed by atoms with Gasteiger partial charge in [-0.15, -0.1) is 0 Å². The lowest BCUT2D eigenvalue weighted by atomic mass is 10.1. The van der Waals surface area contributed by atoms with Gasteiger partial charge in [-0.3, -0.25) is 0 Å². The molecule has 0 unspecified atom stereocenters. The summed E-state index contributed by atoms with van der Waals surface area (Å²) in [5.41, 5.74) is 2.08. The Morgan fingerprint density at radius 2 is 1.95 bits per heavy atom. The zero-order chi connectivity index (χ0) is 16.0. The quantitative estimate of drug-likeness (QED) is 0.760. The monoisotopic (exact) mass is 321 g/mol.